The minimum Gasteiger partial charge on any atom is -0.373 e. The van der Waals surface area contributed by atoms with Crippen LogP contribution in [0.25, 0.3) is 0 Å². The molecule has 2 heterocycles. The first-order chi connectivity index (χ1) is 9.72. The minimum atomic E-state index is -0.199. The standard InChI is InChI=1S/C15H16N4O/c1-10-16-7-6-12(18-10)9-17-15(20)14-8-11-4-2-3-5-13(11)19-14/h2-7,14,19H,8-9H2,1H3,(H,17,20). The van der Waals surface area contributed by atoms with Crippen LogP contribution in [0.5, 0.6) is 0 Å². The molecule has 102 valence electrons. The Kier molecular flexibility index (Phi) is 3.33. The second-order valence-corrected chi connectivity index (χ2v) is 4.87. The number of fused-ring (bicyclic) bond motifs is 1. The van der Waals surface area contributed by atoms with E-state index in [2.05, 4.69) is 20.6 Å². The molecule has 1 atom stereocenters. The highest BCUT2D eigenvalue weighted by Crippen LogP contribution is 2.25. The normalized spacial score (nSPS) is 16.4. The molecule has 0 saturated carbocycles. The molecule has 0 aliphatic carbocycles. The maximum Gasteiger partial charge on any atom is 0.243 e. The molecule has 1 aliphatic rings. The molecule has 5 nitrogen and oxygen atoms in total. The fourth-order valence-electron chi connectivity index (χ4n) is 2.36. The predicted octanol–water partition coefficient (Wildman–Crippen LogP) is 1.44. The lowest BCUT2D eigenvalue weighted by Crippen LogP contribution is -2.38. The van der Waals surface area contributed by atoms with E-state index in [1.807, 2.05) is 37.3 Å². The molecular weight excluding hydrogens is 252 g/mol. The zero-order valence-electron chi connectivity index (χ0n) is 11.3. The van der Waals surface area contributed by atoms with E-state index in [-0.39, 0.29) is 11.9 Å². The molecule has 1 aliphatic heterocycles. The summed E-state index contributed by atoms with van der Waals surface area (Å²) in [6, 6.07) is 9.61. The van der Waals surface area contributed by atoms with Crippen molar-refractivity contribution in [2.24, 2.45) is 0 Å². The number of hydrogen-bond donors (Lipinski definition) is 2. The minimum absolute atomic E-state index is 0.00235. The van der Waals surface area contributed by atoms with E-state index < -0.39 is 0 Å². The Bertz CT molecular complexity index is 616. The molecule has 2 N–H and O–H groups in total. The Morgan fingerprint density at radius 2 is 2.25 bits per heavy atom. The van der Waals surface area contributed by atoms with Crippen molar-refractivity contribution < 1.29 is 4.79 Å². The first-order valence-electron chi connectivity index (χ1n) is 6.63. The molecule has 0 fully saturated rings. The summed E-state index contributed by atoms with van der Waals surface area (Å²) in [6.07, 6.45) is 2.43. The number of aryl methyl sites for hydroxylation is 1. The molecule has 0 saturated heterocycles. The van der Waals surface area contributed by atoms with E-state index in [4.69, 9.17) is 0 Å². The summed E-state index contributed by atoms with van der Waals surface area (Å²) >= 11 is 0. The highest BCUT2D eigenvalue weighted by atomic mass is 16.2. The van der Waals surface area contributed by atoms with Crippen molar-refractivity contribution in [3.8, 4) is 0 Å². The largest absolute Gasteiger partial charge is 0.373 e. The zero-order valence-corrected chi connectivity index (χ0v) is 11.3. The van der Waals surface area contributed by atoms with Gasteiger partial charge in [-0.05, 0) is 24.6 Å². The van der Waals surface area contributed by atoms with Gasteiger partial charge in [-0.25, -0.2) is 9.97 Å². The average molecular weight is 268 g/mol. The van der Waals surface area contributed by atoms with Gasteiger partial charge in [-0.15, -0.1) is 0 Å². The molecular formula is C15H16N4O. The maximum absolute atomic E-state index is 12.2. The van der Waals surface area contributed by atoms with Crippen LogP contribution in [-0.2, 0) is 17.8 Å². The van der Waals surface area contributed by atoms with Crippen LogP contribution in [0.1, 0.15) is 17.1 Å². The second kappa shape index (κ2) is 5.28. The molecule has 20 heavy (non-hydrogen) atoms. The van der Waals surface area contributed by atoms with Crippen LogP contribution in [0, 0.1) is 6.92 Å². The van der Waals surface area contributed by atoms with Crippen LogP contribution in [0.15, 0.2) is 36.5 Å². The SMILES string of the molecule is Cc1nccc(CNC(=O)C2Cc3ccccc3N2)n1. The van der Waals surface area contributed by atoms with Crippen molar-refractivity contribution in [1.29, 1.82) is 0 Å². The number of benzene rings is 1. The topological polar surface area (TPSA) is 66.9 Å². The van der Waals surface area contributed by atoms with Gasteiger partial charge < -0.3 is 10.6 Å². The third-order valence-electron chi connectivity index (χ3n) is 3.37. The molecule has 1 amide bonds. The lowest BCUT2D eigenvalue weighted by molar-refractivity contribution is -0.121. The van der Waals surface area contributed by atoms with Crippen molar-refractivity contribution in [3.05, 3.63) is 53.6 Å². The van der Waals surface area contributed by atoms with Gasteiger partial charge in [0.1, 0.15) is 11.9 Å². The maximum atomic E-state index is 12.2. The number of rotatable bonds is 3. The van der Waals surface area contributed by atoms with Crippen molar-refractivity contribution in [2.75, 3.05) is 5.32 Å². The smallest absolute Gasteiger partial charge is 0.243 e. The molecule has 3 rings (SSSR count). The van der Waals surface area contributed by atoms with Gasteiger partial charge in [0.05, 0.1) is 12.2 Å². The number of aromatic nitrogens is 2. The van der Waals surface area contributed by atoms with Gasteiger partial charge in [0, 0.05) is 18.3 Å². The molecule has 0 bridgehead atoms. The van der Waals surface area contributed by atoms with Gasteiger partial charge in [-0.3, -0.25) is 4.79 Å². The first-order valence-corrected chi connectivity index (χ1v) is 6.63. The fourth-order valence-corrected chi connectivity index (χ4v) is 2.36. The van der Waals surface area contributed by atoms with Crippen LogP contribution in [0.3, 0.4) is 0 Å². The van der Waals surface area contributed by atoms with Gasteiger partial charge >= 0.3 is 0 Å². The van der Waals surface area contributed by atoms with Crippen LogP contribution in [0.2, 0.25) is 0 Å². The number of nitrogens with zero attached hydrogens (tertiary/aromatic N) is 2. The summed E-state index contributed by atoms with van der Waals surface area (Å²) in [5.74, 6) is 0.709. The molecule has 2 aromatic rings. The summed E-state index contributed by atoms with van der Waals surface area (Å²) in [4.78, 5) is 20.5. The predicted molar refractivity (Wildman–Crippen MR) is 76.2 cm³/mol. The Morgan fingerprint density at radius 3 is 3.05 bits per heavy atom. The number of carbonyl (C=O) groups is 1. The van der Waals surface area contributed by atoms with E-state index in [1.54, 1.807) is 6.20 Å². The van der Waals surface area contributed by atoms with E-state index in [9.17, 15) is 4.79 Å². The van der Waals surface area contributed by atoms with Crippen molar-refractivity contribution in [3.63, 3.8) is 0 Å². The van der Waals surface area contributed by atoms with Gasteiger partial charge in [0.25, 0.3) is 0 Å². The summed E-state index contributed by atoms with van der Waals surface area (Å²) in [7, 11) is 0. The van der Waals surface area contributed by atoms with E-state index in [0.717, 1.165) is 17.8 Å². The molecule has 5 heteroatoms. The molecule has 1 aromatic carbocycles. The van der Waals surface area contributed by atoms with Gasteiger partial charge in [0.15, 0.2) is 0 Å². The second-order valence-electron chi connectivity index (χ2n) is 4.87. The summed E-state index contributed by atoms with van der Waals surface area (Å²) in [5, 5.41) is 6.15. The van der Waals surface area contributed by atoms with Crippen molar-refractivity contribution in [2.45, 2.75) is 25.9 Å². The van der Waals surface area contributed by atoms with Crippen LogP contribution in [-0.4, -0.2) is 21.9 Å². The fraction of sp³-hybridized carbons (Fsp3) is 0.267. The molecule has 0 spiro atoms. The number of nitrogens with one attached hydrogen (secondary N) is 2. The summed E-state index contributed by atoms with van der Waals surface area (Å²) in [5.41, 5.74) is 3.05. The number of anilines is 1. The molecule has 1 aromatic heterocycles. The molecule has 0 radical (unpaired) electrons. The highest BCUT2D eigenvalue weighted by molar-refractivity contribution is 5.87. The Balaban J connectivity index is 1.59. The average Bonchev–Trinajstić information content (AvgIpc) is 2.89. The summed E-state index contributed by atoms with van der Waals surface area (Å²) in [6.45, 7) is 2.26. The van der Waals surface area contributed by atoms with E-state index in [0.29, 0.717) is 12.4 Å². The number of hydrogen-bond acceptors (Lipinski definition) is 4. The zero-order chi connectivity index (χ0) is 13.9. The third-order valence-corrected chi connectivity index (χ3v) is 3.37. The lowest BCUT2D eigenvalue weighted by atomic mass is 10.1. The lowest BCUT2D eigenvalue weighted by Gasteiger charge is -2.11. The van der Waals surface area contributed by atoms with E-state index in [1.165, 1.54) is 5.56 Å². The Hall–Kier alpha value is -2.43. The van der Waals surface area contributed by atoms with Gasteiger partial charge in [-0.2, -0.15) is 0 Å². The Morgan fingerprint density at radius 1 is 1.40 bits per heavy atom. The van der Waals surface area contributed by atoms with E-state index >= 15 is 0 Å². The van der Waals surface area contributed by atoms with Crippen molar-refractivity contribution in [1.82, 2.24) is 15.3 Å². The Labute approximate surface area is 117 Å². The van der Waals surface area contributed by atoms with Gasteiger partial charge in [-0.1, -0.05) is 18.2 Å². The van der Waals surface area contributed by atoms with Crippen LogP contribution in [0.4, 0.5) is 5.69 Å². The first kappa shape index (κ1) is 12.6. The van der Waals surface area contributed by atoms with Gasteiger partial charge in [0.2, 0.25) is 5.91 Å². The highest BCUT2D eigenvalue weighted by Gasteiger charge is 2.25. The number of amides is 1. The van der Waals surface area contributed by atoms with Crippen LogP contribution >= 0.6 is 0 Å². The monoisotopic (exact) mass is 268 g/mol. The summed E-state index contributed by atoms with van der Waals surface area (Å²) < 4.78 is 0. The van der Waals surface area contributed by atoms with Crippen molar-refractivity contribution >= 4 is 11.6 Å². The quantitative estimate of drug-likeness (QED) is 0.884. The third kappa shape index (κ3) is 2.61. The number of para-hydroxylation sites is 1. The van der Waals surface area contributed by atoms with Crippen LogP contribution < -0.4 is 10.6 Å². The number of carbonyl (C=O) groups excluding carboxylic acids is 1. The molecule has 1 unspecified atom stereocenters.